The number of anilines is 1. The number of alkyl halides is 2. The van der Waals surface area contributed by atoms with Crippen LogP contribution in [0.1, 0.15) is 32.1 Å². The van der Waals surface area contributed by atoms with Crippen molar-refractivity contribution in [3.63, 3.8) is 0 Å². The van der Waals surface area contributed by atoms with Gasteiger partial charge >= 0.3 is 0 Å². The van der Waals surface area contributed by atoms with Crippen molar-refractivity contribution < 1.29 is 17.9 Å². The summed E-state index contributed by atoms with van der Waals surface area (Å²) in [4.78, 5) is 13.4. The number of aryl methyl sites for hydroxylation is 1. The number of allylic oxidation sites excluding steroid dienone is 2. The Morgan fingerprint density at radius 1 is 1.18 bits per heavy atom. The van der Waals surface area contributed by atoms with Crippen LogP contribution in [-0.4, -0.2) is 50.4 Å². The van der Waals surface area contributed by atoms with Crippen molar-refractivity contribution in [3.8, 4) is 11.1 Å². The number of hydrogen-bond donors (Lipinski definition) is 1. The van der Waals surface area contributed by atoms with Gasteiger partial charge in [0.1, 0.15) is 17.5 Å². The van der Waals surface area contributed by atoms with Crippen LogP contribution in [0.4, 0.5) is 19.0 Å². The summed E-state index contributed by atoms with van der Waals surface area (Å²) in [5, 5.41) is 8.28. The molecule has 34 heavy (non-hydrogen) atoms. The first-order valence-corrected chi connectivity index (χ1v) is 11.2. The van der Waals surface area contributed by atoms with Gasteiger partial charge in [-0.25, -0.2) is 28.1 Å². The quantitative estimate of drug-likeness (QED) is 0.545. The van der Waals surface area contributed by atoms with Crippen LogP contribution in [-0.2, 0) is 4.74 Å². The SMILES string of the molecule is Cc1nc(N[C@H](C)C2=CC(C)CC(C(F)F)=C2F)c2cc(-c3cnn(C4COC4)c3)cnc2n1. The summed E-state index contributed by atoms with van der Waals surface area (Å²) in [5.41, 5.74) is 1.98. The van der Waals surface area contributed by atoms with Crippen LogP contribution < -0.4 is 5.32 Å². The normalized spacial score (nSPS) is 20.0. The molecule has 2 atom stereocenters. The second-order valence-electron chi connectivity index (χ2n) is 8.92. The Hall–Kier alpha value is -3.27. The van der Waals surface area contributed by atoms with E-state index in [0.717, 1.165) is 11.1 Å². The van der Waals surface area contributed by atoms with Gasteiger partial charge in [-0.05, 0) is 32.3 Å². The summed E-state index contributed by atoms with van der Waals surface area (Å²) in [6.07, 6.45) is 4.34. The van der Waals surface area contributed by atoms with Crippen LogP contribution in [0, 0.1) is 12.8 Å². The highest BCUT2D eigenvalue weighted by atomic mass is 19.3. The molecule has 10 heteroatoms. The number of aromatic nitrogens is 5. The third kappa shape index (κ3) is 4.18. The van der Waals surface area contributed by atoms with E-state index in [1.54, 1.807) is 39.2 Å². The molecule has 1 aliphatic carbocycles. The average Bonchev–Trinajstić information content (AvgIpc) is 3.22. The summed E-state index contributed by atoms with van der Waals surface area (Å²) >= 11 is 0. The van der Waals surface area contributed by atoms with Gasteiger partial charge in [0, 0.05) is 34.7 Å². The molecule has 0 radical (unpaired) electrons. The number of nitrogens with zero attached hydrogens (tertiary/aromatic N) is 5. The Labute approximate surface area is 194 Å². The van der Waals surface area contributed by atoms with Crippen molar-refractivity contribution in [2.75, 3.05) is 18.5 Å². The van der Waals surface area contributed by atoms with E-state index in [1.165, 1.54) is 0 Å². The molecule has 1 unspecified atom stereocenters. The predicted molar refractivity (Wildman–Crippen MR) is 122 cm³/mol. The van der Waals surface area contributed by atoms with Gasteiger partial charge in [-0.2, -0.15) is 5.10 Å². The second-order valence-corrected chi connectivity index (χ2v) is 8.92. The van der Waals surface area contributed by atoms with E-state index < -0.39 is 23.9 Å². The number of rotatable bonds is 6. The first kappa shape index (κ1) is 22.5. The molecule has 2 aliphatic rings. The Morgan fingerprint density at radius 3 is 2.68 bits per heavy atom. The molecular weight excluding hydrogens is 445 g/mol. The van der Waals surface area contributed by atoms with E-state index in [1.807, 2.05) is 16.9 Å². The number of halogens is 3. The molecule has 0 bridgehead atoms. The summed E-state index contributed by atoms with van der Waals surface area (Å²) in [6, 6.07) is 1.56. The van der Waals surface area contributed by atoms with Gasteiger partial charge in [-0.1, -0.05) is 13.0 Å². The van der Waals surface area contributed by atoms with Gasteiger partial charge in [0.25, 0.3) is 6.43 Å². The molecule has 0 saturated carbocycles. The van der Waals surface area contributed by atoms with Crippen molar-refractivity contribution in [2.45, 2.75) is 45.7 Å². The van der Waals surface area contributed by atoms with Crippen molar-refractivity contribution >= 4 is 16.9 Å². The Kier molecular flexibility index (Phi) is 5.85. The van der Waals surface area contributed by atoms with E-state index in [4.69, 9.17) is 4.74 Å². The lowest BCUT2D eigenvalue weighted by atomic mass is 9.88. The maximum atomic E-state index is 14.9. The zero-order valence-electron chi connectivity index (χ0n) is 19.1. The Morgan fingerprint density at radius 2 is 1.97 bits per heavy atom. The second kappa shape index (κ2) is 8.83. The third-order valence-corrected chi connectivity index (χ3v) is 6.22. The molecule has 1 aliphatic heterocycles. The molecule has 0 spiro atoms. The standard InChI is InChI=1S/C24H25F3N6O/c1-12-4-18(21(25)19(5-12)22(26)27)13(2)30-24-20-6-15(7-28-23(20)31-14(3)32-24)16-8-29-33(9-16)17-10-34-11-17/h4,6-9,12-13,17,22H,5,10-11H2,1-3H3,(H,28,30,31,32)/t12?,13-/m1/s1. The Bertz CT molecular complexity index is 1300. The van der Waals surface area contributed by atoms with Crippen LogP contribution in [0.3, 0.4) is 0 Å². The molecular formula is C24H25F3N6O. The summed E-state index contributed by atoms with van der Waals surface area (Å²) in [5.74, 6) is -0.0583. The fourth-order valence-corrected chi connectivity index (χ4v) is 4.31. The zero-order chi connectivity index (χ0) is 24.0. The molecule has 4 heterocycles. The van der Waals surface area contributed by atoms with E-state index in [9.17, 15) is 13.2 Å². The average molecular weight is 470 g/mol. The van der Waals surface area contributed by atoms with Gasteiger partial charge in [-0.3, -0.25) is 4.68 Å². The topological polar surface area (TPSA) is 77.8 Å². The number of ether oxygens (including phenoxy) is 1. The highest BCUT2D eigenvalue weighted by molar-refractivity contribution is 5.90. The number of fused-ring (bicyclic) bond motifs is 1. The number of nitrogens with one attached hydrogen (secondary N) is 1. The van der Waals surface area contributed by atoms with E-state index >= 15 is 0 Å². The first-order valence-electron chi connectivity index (χ1n) is 11.2. The van der Waals surface area contributed by atoms with Crippen LogP contribution in [0.25, 0.3) is 22.2 Å². The molecule has 7 nitrogen and oxygen atoms in total. The molecule has 0 amide bonds. The molecule has 1 fully saturated rings. The van der Waals surface area contributed by atoms with E-state index in [0.29, 0.717) is 35.9 Å². The van der Waals surface area contributed by atoms with Gasteiger partial charge in [0.05, 0.1) is 36.9 Å². The summed E-state index contributed by atoms with van der Waals surface area (Å²) in [6.45, 7) is 6.56. The molecule has 1 saturated heterocycles. The van der Waals surface area contributed by atoms with Crippen molar-refractivity contribution in [1.29, 1.82) is 0 Å². The van der Waals surface area contributed by atoms with Gasteiger partial charge < -0.3 is 10.1 Å². The van der Waals surface area contributed by atoms with Crippen LogP contribution in [0.5, 0.6) is 0 Å². The largest absolute Gasteiger partial charge is 0.377 e. The zero-order valence-corrected chi connectivity index (χ0v) is 19.1. The smallest absolute Gasteiger partial charge is 0.263 e. The maximum absolute atomic E-state index is 14.9. The number of hydrogen-bond acceptors (Lipinski definition) is 6. The molecule has 1 N–H and O–H groups in total. The van der Waals surface area contributed by atoms with Crippen LogP contribution in [0.2, 0.25) is 0 Å². The van der Waals surface area contributed by atoms with Gasteiger partial charge in [0.2, 0.25) is 0 Å². The fourth-order valence-electron chi connectivity index (χ4n) is 4.31. The maximum Gasteiger partial charge on any atom is 0.263 e. The molecule has 178 valence electrons. The highest BCUT2D eigenvalue weighted by Gasteiger charge is 2.29. The minimum atomic E-state index is -2.82. The lowest BCUT2D eigenvalue weighted by molar-refractivity contribution is -0.0286. The van der Waals surface area contributed by atoms with Crippen LogP contribution in [0.15, 0.2) is 47.7 Å². The predicted octanol–water partition coefficient (Wildman–Crippen LogP) is 5.02. The molecule has 3 aromatic rings. The first-order chi connectivity index (χ1) is 16.3. The Balaban J connectivity index is 1.49. The fraction of sp³-hybridized carbons (Fsp3) is 0.417. The summed E-state index contributed by atoms with van der Waals surface area (Å²) in [7, 11) is 0. The lowest BCUT2D eigenvalue weighted by Gasteiger charge is -2.26. The molecule has 3 aromatic heterocycles. The number of pyridine rings is 1. The third-order valence-electron chi connectivity index (χ3n) is 6.22. The monoisotopic (exact) mass is 470 g/mol. The van der Waals surface area contributed by atoms with E-state index in [-0.39, 0.29) is 24.0 Å². The van der Waals surface area contributed by atoms with E-state index in [2.05, 4.69) is 25.4 Å². The van der Waals surface area contributed by atoms with Gasteiger partial charge in [0.15, 0.2) is 5.65 Å². The lowest BCUT2D eigenvalue weighted by Crippen LogP contribution is -2.30. The van der Waals surface area contributed by atoms with Crippen molar-refractivity contribution in [2.24, 2.45) is 5.92 Å². The molecule has 5 rings (SSSR count). The summed E-state index contributed by atoms with van der Waals surface area (Å²) < 4.78 is 48.7. The van der Waals surface area contributed by atoms with Crippen LogP contribution >= 0.6 is 0 Å². The molecule has 0 aromatic carbocycles. The minimum absolute atomic E-state index is 0.0171. The minimum Gasteiger partial charge on any atom is -0.377 e. The van der Waals surface area contributed by atoms with Crippen molar-refractivity contribution in [1.82, 2.24) is 24.7 Å². The highest BCUT2D eigenvalue weighted by Crippen LogP contribution is 2.36. The van der Waals surface area contributed by atoms with Crippen molar-refractivity contribution in [3.05, 3.63) is 53.5 Å². The van der Waals surface area contributed by atoms with Gasteiger partial charge in [-0.15, -0.1) is 0 Å².